The van der Waals surface area contributed by atoms with Crippen molar-refractivity contribution in [1.29, 1.82) is 0 Å². The summed E-state index contributed by atoms with van der Waals surface area (Å²) in [6.07, 6.45) is 5.38. The summed E-state index contributed by atoms with van der Waals surface area (Å²) in [5, 5.41) is 0. The summed E-state index contributed by atoms with van der Waals surface area (Å²) in [6, 6.07) is 2.77. The highest BCUT2D eigenvalue weighted by molar-refractivity contribution is 6.39. The van der Waals surface area contributed by atoms with E-state index in [2.05, 4.69) is 0 Å². The van der Waals surface area contributed by atoms with Gasteiger partial charge in [0, 0.05) is 25.3 Å². The van der Waals surface area contributed by atoms with Crippen molar-refractivity contribution in [3.8, 4) is 11.5 Å². The zero-order valence-electron chi connectivity index (χ0n) is 20.7. The third kappa shape index (κ3) is 3.89. The van der Waals surface area contributed by atoms with Gasteiger partial charge < -0.3 is 28.7 Å². The minimum atomic E-state index is -1.15. The van der Waals surface area contributed by atoms with Crippen molar-refractivity contribution in [3.63, 3.8) is 0 Å². The number of piperazine rings is 1. The normalized spacial score (nSPS) is 26.7. The highest BCUT2D eigenvalue weighted by atomic mass is 16.7. The average Bonchev–Trinajstić information content (AvgIpc) is 3.38. The number of methoxy groups -OCH3 is 3. The summed E-state index contributed by atoms with van der Waals surface area (Å²) < 4.78 is 22.0. The maximum atomic E-state index is 13.8. The van der Waals surface area contributed by atoms with Gasteiger partial charge in [-0.2, -0.15) is 0 Å². The van der Waals surface area contributed by atoms with Crippen LogP contribution < -0.4 is 9.47 Å². The van der Waals surface area contributed by atoms with Gasteiger partial charge in [-0.05, 0) is 63.0 Å². The summed E-state index contributed by atoms with van der Waals surface area (Å²) >= 11 is 0. The van der Waals surface area contributed by atoms with Gasteiger partial charge in [0.1, 0.15) is 29.9 Å². The minimum absolute atomic E-state index is 0.0404. The number of amides is 2. The van der Waals surface area contributed by atoms with Crippen LogP contribution in [0.2, 0.25) is 0 Å². The van der Waals surface area contributed by atoms with Gasteiger partial charge in [0.15, 0.2) is 0 Å². The number of carbonyl (C=O) groups is 3. The van der Waals surface area contributed by atoms with Crippen LogP contribution in [0.1, 0.15) is 56.1 Å². The highest BCUT2D eigenvalue weighted by Gasteiger charge is 2.56. The molecular formula is C26H34N2O7. The second-order valence-corrected chi connectivity index (χ2v) is 10.0. The Morgan fingerprint density at radius 2 is 1.80 bits per heavy atom. The Kier molecular flexibility index (Phi) is 6.48. The van der Waals surface area contributed by atoms with Crippen LogP contribution in [0.15, 0.2) is 12.1 Å². The van der Waals surface area contributed by atoms with Crippen molar-refractivity contribution in [2.24, 2.45) is 0 Å². The molecule has 4 aliphatic rings. The summed E-state index contributed by atoms with van der Waals surface area (Å²) in [6.45, 7) is 0.400. The predicted octanol–water partition coefficient (Wildman–Crippen LogP) is 2.22. The maximum absolute atomic E-state index is 13.8. The number of rotatable bonds is 7. The molecule has 5 rings (SSSR count). The van der Waals surface area contributed by atoms with Crippen LogP contribution in [0, 0.1) is 0 Å². The Morgan fingerprint density at radius 1 is 1.03 bits per heavy atom. The largest absolute Gasteiger partial charge is 0.497 e. The first kappa shape index (κ1) is 24.1. The molecule has 3 fully saturated rings. The van der Waals surface area contributed by atoms with E-state index in [4.69, 9.17) is 18.9 Å². The number of benzene rings is 1. The molecule has 1 unspecified atom stereocenters. The van der Waals surface area contributed by atoms with Crippen molar-refractivity contribution in [1.82, 2.24) is 9.80 Å². The third-order valence-electron chi connectivity index (χ3n) is 8.27. The molecule has 0 aromatic heterocycles. The number of piperidine rings is 1. The number of carbonyl (C=O) groups excluding carboxylic acids is 3. The van der Waals surface area contributed by atoms with Crippen molar-refractivity contribution in [2.45, 2.75) is 81.6 Å². The fraction of sp³-hybridized carbons (Fsp3) is 0.654. The Bertz CT molecular complexity index is 1020. The van der Waals surface area contributed by atoms with Gasteiger partial charge in [-0.25, -0.2) is 0 Å². The zero-order chi connectivity index (χ0) is 24.7. The Labute approximate surface area is 205 Å². The van der Waals surface area contributed by atoms with E-state index in [1.807, 2.05) is 17.0 Å². The van der Waals surface area contributed by atoms with Gasteiger partial charge in [0.2, 0.25) is 5.91 Å². The monoisotopic (exact) mass is 486 g/mol. The van der Waals surface area contributed by atoms with Gasteiger partial charge in [-0.15, -0.1) is 0 Å². The van der Waals surface area contributed by atoms with Crippen LogP contribution in [0.3, 0.4) is 0 Å². The molecule has 1 aliphatic carbocycles. The Balaban J connectivity index is 1.47. The van der Waals surface area contributed by atoms with Crippen molar-refractivity contribution in [2.75, 3.05) is 28.1 Å². The van der Waals surface area contributed by atoms with E-state index in [9.17, 15) is 14.4 Å². The first-order valence-corrected chi connectivity index (χ1v) is 12.5. The molecule has 3 aliphatic heterocycles. The molecule has 1 aromatic carbocycles. The van der Waals surface area contributed by atoms with E-state index in [1.54, 1.807) is 19.1 Å². The maximum Gasteiger partial charge on any atom is 0.294 e. The Hall–Kier alpha value is -2.65. The minimum Gasteiger partial charge on any atom is -0.497 e. The quantitative estimate of drug-likeness (QED) is 0.431. The summed E-state index contributed by atoms with van der Waals surface area (Å²) in [4.78, 5) is 44.6. The first-order chi connectivity index (χ1) is 16.9. The number of hydrogen-bond donors (Lipinski definition) is 0. The number of fused-ring (bicyclic) bond motifs is 5. The lowest BCUT2D eigenvalue weighted by molar-refractivity contribution is -0.180. The Morgan fingerprint density at radius 3 is 2.49 bits per heavy atom. The van der Waals surface area contributed by atoms with Crippen LogP contribution in [-0.4, -0.2) is 79.2 Å². The molecule has 0 radical (unpaired) electrons. The SMILES string of the molecule is COCOC1(C(=O)C(=O)N2C3CCC[C@H]2[C@@H]2Cc4c(cc(OC)cc4OC)CN2C3=O)CCCC1. The lowest BCUT2D eigenvalue weighted by Crippen LogP contribution is -2.72. The number of hydrogen-bond acceptors (Lipinski definition) is 7. The van der Waals surface area contributed by atoms with E-state index in [0.717, 1.165) is 42.6 Å². The lowest BCUT2D eigenvalue weighted by atomic mass is 9.78. The summed E-state index contributed by atoms with van der Waals surface area (Å²) in [5.74, 6) is 0.194. The fourth-order valence-electron chi connectivity index (χ4n) is 6.55. The molecule has 9 nitrogen and oxygen atoms in total. The average molecular weight is 487 g/mol. The molecule has 0 spiro atoms. The van der Waals surface area contributed by atoms with Crippen LogP contribution in [-0.2, 0) is 36.8 Å². The lowest BCUT2D eigenvalue weighted by Gasteiger charge is -2.55. The standard InChI is InChI=1S/C26H34N2O7/c1-32-15-35-26(9-4-5-10-26)23(29)25(31)28-19-7-6-8-20(28)24(30)27-14-16-11-17(33-2)12-22(34-3)18(16)13-21(19)27/h11-12,19-21H,4-10,13-15H2,1-3H3/t19-,20?,21-/m0/s1. The van der Waals surface area contributed by atoms with Gasteiger partial charge in [-0.1, -0.05) is 0 Å². The molecule has 2 amide bonds. The number of ether oxygens (including phenoxy) is 4. The molecule has 2 bridgehead atoms. The zero-order valence-corrected chi connectivity index (χ0v) is 20.7. The molecule has 1 saturated carbocycles. The van der Waals surface area contributed by atoms with Gasteiger partial charge >= 0.3 is 0 Å². The predicted molar refractivity (Wildman–Crippen MR) is 125 cm³/mol. The van der Waals surface area contributed by atoms with Gasteiger partial charge in [0.25, 0.3) is 11.7 Å². The first-order valence-electron chi connectivity index (χ1n) is 12.5. The highest BCUT2D eigenvalue weighted by Crippen LogP contribution is 2.43. The number of nitrogens with zero attached hydrogens (tertiary/aromatic N) is 2. The van der Waals surface area contributed by atoms with Crippen LogP contribution in [0.4, 0.5) is 0 Å². The van der Waals surface area contributed by atoms with Crippen LogP contribution in [0.5, 0.6) is 11.5 Å². The van der Waals surface area contributed by atoms with E-state index >= 15 is 0 Å². The number of ketones is 1. The second-order valence-electron chi connectivity index (χ2n) is 10.0. The smallest absolute Gasteiger partial charge is 0.294 e. The van der Waals surface area contributed by atoms with Gasteiger partial charge in [-0.3, -0.25) is 14.4 Å². The third-order valence-corrected chi connectivity index (χ3v) is 8.27. The summed E-state index contributed by atoms with van der Waals surface area (Å²) in [5.41, 5.74) is 0.874. The molecule has 35 heavy (non-hydrogen) atoms. The van der Waals surface area contributed by atoms with Gasteiger partial charge in [0.05, 0.1) is 26.3 Å². The van der Waals surface area contributed by atoms with Crippen molar-refractivity contribution < 1.29 is 33.3 Å². The van der Waals surface area contributed by atoms with Crippen LogP contribution >= 0.6 is 0 Å². The molecule has 2 saturated heterocycles. The summed E-state index contributed by atoms with van der Waals surface area (Å²) in [7, 11) is 4.73. The molecule has 190 valence electrons. The van der Waals surface area contributed by atoms with Crippen molar-refractivity contribution in [3.05, 3.63) is 23.3 Å². The van der Waals surface area contributed by atoms with Crippen molar-refractivity contribution >= 4 is 17.6 Å². The van der Waals surface area contributed by atoms with E-state index < -0.39 is 23.3 Å². The molecule has 3 atom stereocenters. The van der Waals surface area contributed by atoms with Crippen LogP contribution in [0.25, 0.3) is 0 Å². The fourth-order valence-corrected chi connectivity index (χ4v) is 6.55. The van der Waals surface area contributed by atoms with E-state index in [0.29, 0.717) is 38.0 Å². The second kappa shape index (κ2) is 9.43. The molecule has 1 aromatic rings. The molecule has 3 heterocycles. The van der Waals surface area contributed by atoms with E-state index in [-0.39, 0.29) is 24.8 Å². The van der Waals surface area contributed by atoms with E-state index in [1.165, 1.54) is 7.11 Å². The molecule has 9 heteroatoms. The molecular weight excluding hydrogens is 452 g/mol. The topological polar surface area (TPSA) is 94.6 Å². The molecule has 0 N–H and O–H groups in total. The number of Topliss-reactive ketones (excluding diaryl/α,β-unsaturated/α-hetero) is 1.